The van der Waals surface area contributed by atoms with E-state index in [0.717, 1.165) is 12.1 Å². The molecule has 0 spiro atoms. The average Bonchev–Trinajstić information content (AvgIpc) is 2.35. The molecule has 0 heterocycles. The molecule has 1 aromatic carbocycles. The number of methoxy groups -OCH3 is 1. The van der Waals surface area contributed by atoms with Crippen LogP contribution in [0.15, 0.2) is 23.1 Å². The molecule has 1 rings (SSSR count). The highest BCUT2D eigenvalue weighted by Crippen LogP contribution is 2.27. The van der Waals surface area contributed by atoms with Gasteiger partial charge in [0.2, 0.25) is 10.0 Å². The van der Waals surface area contributed by atoms with Crippen LogP contribution >= 0.6 is 0 Å². The number of carbonyl (C=O) groups excluding carboxylic acids is 1. The molecule has 0 saturated carbocycles. The highest BCUT2D eigenvalue weighted by atomic mass is 32.2. The lowest BCUT2D eigenvalue weighted by Crippen LogP contribution is -2.29. The third kappa shape index (κ3) is 3.73. The molecule has 1 aromatic rings. The smallest absolute Gasteiger partial charge is 0.293 e. The van der Waals surface area contributed by atoms with E-state index in [1.165, 1.54) is 20.1 Å². The van der Waals surface area contributed by atoms with Crippen molar-refractivity contribution in [3.8, 4) is 5.75 Å². The summed E-state index contributed by atoms with van der Waals surface area (Å²) < 4.78 is 30.5. The van der Waals surface area contributed by atoms with Crippen LogP contribution in [0.5, 0.6) is 5.75 Å². The molecule has 0 aliphatic rings. The van der Waals surface area contributed by atoms with Gasteiger partial charge in [-0.3, -0.25) is 14.9 Å². The van der Waals surface area contributed by atoms with E-state index < -0.39 is 37.9 Å². The minimum absolute atomic E-state index is 0.164. The maximum absolute atomic E-state index is 11.9. The molecule has 0 aliphatic carbocycles. The number of nitrogens with one attached hydrogen (secondary N) is 1. The molecule has 8 nitrogen and oxygen atoms in total. The molecular formula is C10H12N2O6S. The summed E-state index contributed by atoms with van der Waals surface area (Å²) in [6.45, 7) is 0.774. The third-order valence-corrected chi connectivity index (χ3v) is 3.61. The molecule has 0 radical (unpaired) electrons. The first-order valence-electron chi connectivity index (χ1n) is 5.09. The molecule has 0 fully saturated rings. The fourth-order valence-electron chi connectivity index (χ4n) is 1.27. The van der Waals surface area contributed by atoms with Crippen molar-refractivity contribution < 1.29 is 22.9 Å². The predicted molar refractivity (Wildman–Crippen MR) is 65.5 cm³/mol. The third-order valence-electron chi connectivity index (χ3n) is 2.16. The molecule has 0 aromatic heterocycles. The van der Waals surface area contributed by atoms with Gasteiger partial charge < -0.3 is 4.74 Å². The summed E-state index contributed by atoms with van der Waals surface area (Å²) in [6.07, 6.45) is 0. The van der Waals surface area contributed by atoms with E-state index in [1.54, 1.807) is 0 Å². The van der Waals surface area contributed by atoms with Gasteiger partial charge in [-0.15, -0.1) is 0 Å². The van der Waals surface area contributed by atoms with Gasteiger partial charge in [-0.05, 0) is 19.1 Å². The van der Waals surface area contributed by atoms with Crippen LogP contribution in [0.25, 0.3) is 0 Å². The van der Waals surface area contributed by atoms with Gasteiger partial charge in [0.15, 0.2) is 4.90 Å². The van der Waals surface area contributed by atoms with Crippen LogP contribution in [0.3, 0.4) is 0 Å². The first kappa shape index (κ1) is 15.1. The van der Waals surface area contributed by atoms with Gasteiger partial charge in [-0.2, -0.15) is 0 Å². The number of nitro groups is 1. The molecule has 0 saturated heterocycles. The topological polar surface area (TPSA) is 116 Å². The van der Waals surface area contributed by atoms with Crippen LogP contribution in [0, 0.1) is 10.1 Å². The molecular weight excluding hydrogens is 276 g/mol. The monoisotopic (exact) mass is 288 g/mol. The fraction of sp³-hybridized carbons (Fsp3) is 0.300. The van der Waals surface area contributed by atoms with Gasteiger partial charge in [0.25, 0.3) is 5.69 Å². The van der Waals surface area contributed by atoms with Crippen molar-refractivity contribution in [3.63, 3.8) is 0 Å². The standard InChI is InChI=1S/C10H12N2O6S/c1-7(13)6-11-19(16,17)10-4-3-8(18-2)5-9(10)12(14)15/h3-5,11H,6H2,1-2H3. The second kappa shape index (κ2) is 5.76. The van der Waals surface area contributed by atoms with Crippen LogP contribution in [-0.2, 0) is 14.8 Å². The van der Waals surface area contributed by atoms with Gasteiger partial charge in [-0.1, -0.05) is 0 Å². The maximum Gasteiger partial charge on any atom is 0.293 e. The number of rotatable bonds is 6. The molecule has 0 atom stereocenters. The summed E-state index contributed by atoms with van der Waals surface area (Å²) in [5, 5.41) is 10.9. The van der Waals surface area contributed by atoms with E-state index in [1.807, 2.05) is 4.72 Å². The molecule has 1 N–H and O–H groups in total. The number of carbonyl (C=O) groups is 1. The van der Waals surface area contributed by atoms with Crippen LogP contribution in [0.4, 0.5) is 5.69 Å². The number of sulfonamides is 1. The summed E-state index contributed by atoms with van der Waals surface area (Å²) in [5.41, 5.74) is -0.615. The Kier molecular flexibility index (Phi) is 4.57. The summed E-state index contributed by atoms with van der Waals surface area (Å²) >= 11 is 0. The highest BCUT2D eigenvalue weighted by molar-refractivity contribution is 7.89. The van der Waals surface area contributed by atoms with Crippen LogP contribution in [0.1, 0.15) is 6.92 Å². The predicted octanol–water partition coefficient (Wildman–Crippen LogP) is 0.471. The van der Waals surface area contributed by atoms with E-state index in [4.69, 9.17) is 4.74 Å². The molecule has 0 bridgehead atoms. The maximum atomic E-state index is 11.9. The van der Waals surface area contributed by atoms with Crippen molar-refractivity contribution in [3.05, 3.63) is 28.3 Å². The SMILES string of the molecule is COc1ccc(S(=O)(=O)NCC(C)=O)c([N+](=O)[O-])c1. The Morgan fingerprint density at radius 1 is 1.47 bits per heavy atom. The number of benzene rings is 1. The Hall–Kier alpha value is -2.00. The zero-order valence-corrected chi connectivity index (χ0v) is 11.1. The molecule has 104 valence electrons. The van der Waals surface area contributed by atoms with Crippen molar-refractivity contribution in [2.75, 3.05) is 13.7 Å². The number of hydrogen-bond acceptors (Lipinski definition) is 6. The number of nitro benzene ring substituents is 1. The van der Waals surface area contributed by atoms with Gasteiger partial charge in [0.05, 0.1) is 24.6 Å². The largest absolute Gasteiger partial charge is 0.497 e. The van der Waals surface area contributed by atoms with E-state index in [9.17, 15) is 23.3 Å². The summed E-state index contributed by atoms with van der Waals surface area (Å²) in [4.78, 5) is 20.3. The lowest BCUT2D eigenvalue weighted by atomic mass is 10.3. The van der Waals surface area contributed by atoms with Crippen molar-refractivity contribution in [2.24, 2.45) is 0 Å². The number of Topliss-reactive ketones (excluding diaryl/α,β-unsaturated/α-hetero) is 1. The average molecular weight is 288 g/mol. The van der Waals surface area contributed by atoms with Gasteiger partial charge in [-0.25, -0.2) is 13.1 Å². The zero-order chi connectivity index (χ0) is 14.6. The molecule has 0 unspecified atom stereocenters. The van der Waals surface area contributed by atoms with Crippen molar-refractivity contribution in [1.82, 2.24) is 4.72 Å². The Morgan fingerprint density at radius 3 is 2.58 bits per heavy atom. The molecule has 9 heteroatoms. The Balaban J connectivity index is 3.25. The summed E-state index contributed by atoms with van der Waals surface area (Å²) in [7, 11) is -2.82. The van der Waals surface area contributed by atoms with Crippen molar-refractivity contribution in [1.29, 1.82) is 0 Å². The highest BCUT2D eigenvalue weighted by Gasteiger charge is 2.26. The molecule has 0 aliphatic heterocycles. The quantitative estimate of drug-likeness (QED) is 0.601. The Morgan fingerprint density at radius 2 is 2.11 bits per heavy atom. The number of hydrogen-bond donors (Lipinski definition) is 1. The number of ketones is 1. The lowest BCUT2D eigenvalue weighted by molar-refractivity contribution is -0.387. The first-order chi connectivity index (χ1) is 8.77. The lowest BCUT2D eigenvalue weighted by Gasteiger charge is -2.07. The minimum Gasteiger partial charge on any atom is -0.497 e. The second-order valence-electron chi connectivity index (χ2n) is 3.62. The normalized spacial score (nSPS) is 11.1. The van der Waals surface area contributed by atoms with E-state index >= 15 is 0 Å². The Labute approximate surface area is 109 Å². The molecule has 19 heavy (non-hydrogen) atoms. The van der Waals surface area contributed by atoms with Crippen LogP contribution < -0.4 is 9.46 Å². The second-order valence-corrected chi connectivity index (χ2v) is 5.35. The van der Waals surface area contributed by atoms with Crippen LogP contribution in [-0.4, -0.2) is 32.8 Å². The molecule has 0 amide bonds. The number of nitrogens with zero attached hydrogens (tertiary/aromatic N) is 1. The fourth-order valence-corrected chi connectivity index (χ4v) is 2.47. The zero-order valence-electron chi connectivity index (χ0n) is 10.2. The minimum atomic E-state index is -4.12. The van der Waals surface area contributed by atoms with Crippen LogP contribution in [0.2, 0.25) is 0 Å². The Bertz CT molecular complexity index is 610. The summed E-state index contributed by atoms with van der Waals surface area (Å²) in [5.74, 6) is -0.239. The van der Waals surface area contributed by atoms with E-state index in [-0.39, 0.29) is 5.75 Å². The number of ether oxygens (including phenoxy) is 1. The van der Waals surface area contributed by atoms with E-state index in [0.29, 0.717) is 0 Å². The van der Waals surface area contributed by atoms with E-state index in [2.05, 4.69) is 0 Å². The van der Waals surface area contributed by atoms with Crippen molar-refractivity contribution in [2.45, 2.75) is 11.8 Å². The van der Waals surface area contributed by atoms with Gasteiger partial charge >= 0.3 is 0 Å². The summed E-state index contributed by atoms with van der Waals surface area (Å²) in [6, 6.07) is 3.34. The van der Waals surface area contributed by atoms with Gasteiger partial charge in [0.1, 0.15) is 11.5 Å². The van der Waals surface area contributed by atoms with Gasteiger partial charge in [0, 0.05) is 0 Å². The van der Waals surface area contributed by atoms with Crippen molar-refractivity contribution >= 4 is 21.5 Å². The first-order valence-corrected chi connectivity index (χ1v) is 6.58.